The summed E-state index contributed by atoms with van der Waals surface area (Å²) in [5.41, 5.74) is 2.01. The van der Waals surface area contributed by atoms with E-state index in [4.69, 9.17) is 23.2 Å². The molecule has 1 atom stereocenters. The van der Waals surface area contributed by atoms with Crippen LogP contribution in [0.15, 0.2) is 77.7 Å². The molecule has 0 aromatic heterocycles. The lowest BCUT2D eigenvalue weighted by Crippen LogP contribution is -2.53. The molecule has 2 amide bonds. The second-order valence-corrected chi connectivity index (χ2v) is 12.2. The Bertz CT molecular complexity index is 1420. The highest BCUT2D eigenvalue weighted by atomic mass is 35.5. The lowest BCUT2D eigenvalue weighted by molar-refractivity contribution is -0.140. The molecule has 0 aliphatic heterocycles. The summed E-state index contributed by atoms with van der Waals surface area (Å²) in [6.45, 7) is 7.03. The standard InChI is InChI=1S/C29H33Cl2N3O4S/c1-5-27(29(36)32-20(2)3)33(18-22-11-9-10-21(4)16-22)28(35)19-34(23-14-15-25(30)26(31)17-23)39(37,38)24-12-7-6-8-13-24/h6-17,20,27H,5,18-19H2,1-4H3,(H,32,36). The molecule has 3 aromatic rings. The predicted molar refractivity (Wildman–Crippen MR) is 157 cm³/mol. The van der Waals surface area contributed by atoms with E-state index in [9.17, 15) is 18.0 Å². The minimum absolute atomic E-state index is 0.0127. The third kappa shape index (κ3) is 7.75. The van der Waals surface area contributed by atoms with Crippen LogP contribution < -0.4 is 9.62 Å². The lowest BCUT2D eigenvalue weighted by Gasteiger charge is -2.33. The quantitative estimate of drug-likeness (QED) is 0.305. The zero-order valence-electron chi connectivity index (χ0n) is 22.4. The van der Waals surface area contributed by atoms with Gasteiger partial charge >= 0.3 is 0 Å². The first-order valence-corrected chi connectivity index (χ1v) is 14.8. The number of hydrogen-bond donors (Lipinski definition) is 1. The highest BCUT2D eigenvalue weighted by molar-refractivity contribution is 7.92. The third-order valence-corrected chi connectivity index (χ3v) is 8.58. The van der Waals surface area contributed by atoms with Gasteiger partial charge in [0.05, 0.1) is 20.6 Å². The molecule has 3 aromatic carbocycles. The van der Waals surface area contributed by atoms with Gasteiger partial charge < -0.3 is 10.2 Å². The SMILES string of the molecule is CCC(C(=O)NC(C)C)N(Cc1cccc(C)c1)C(=O)CN(c1ccc(Cl)c(Cl)c1)S(=O)(=O)c1ccccc1. The Morgan fingerprint density at radius 2 is 1.62 bits per heavy atom. The number of aryl methyl sites for hydroxylation is 1. The number of carbonyl (C=O) groups excluding carboxylic acids is 2. The Labute approximate surface area is 240 Å². The number of rotatable bonds is 11. The molecule has 0 aliphatic carbocycles. The molecular formula is C29H33Cl2N3O4S. The summed E-state index contributed by atoms with van der Waals surface area (Å²) in [6, 6.07) is 18.9. The minimum atomic E-state index is -4.18. The van der Waals surface area contributed by atoms with Crippen molar-refractivity contribution in [3.63, 3.8) is 0 Å². The smallest absolute Gasteiger partial charge is 0.264 e. The molecule has 208 valence electrons. The van der Waals surface area contributed by atoms with E-state index >= 15 is 0 Å². The van der Waals surface area contributed by atoms with Crippen molar-refractivity contribution in [1.82, 2.24) is 10.2 Å². The van der Waals surface area contributed by atoms with E-state index in [2.05, 4.69) is 5.32 Å². The molecule has 3 rings (SSSR count). The first-order chi connectivity index (χ1) is 18.4. The van der Waals surface area contributed by atoms with Gasteiger partial charge in [-0.25, -0.2) is 8.42 Å². The van der Waals surface area contributed by atoms with Crippen molar-refractivity contribution in [1.29, 1.82) is 0 Å². The van der Waals surface area contributed by atoms with Gasteiger partial charge in [-0.15, -0.1) is 0 Å². The molecule has 39 heavy (non-hydrogen) atoms. The number of nitrogens with zero attached hydrogens (tertiary/aromatic N) is 2. The van der Waals surface area contributed by atoms with E-state index < -0.39 is 28.5 Å². The summed E-state index contributed by atoms with van der Waals surface area (Å²) in [6.07, 6.45) is 0.342. The van der Waals surface area contributed by atoms with Crippen molar-refractivity contribution in [3.05, 3.63) is 94.0 Å². The van der Waals surface area contributed by atoms with E-state index in [1.807, 2.05) is 52.0 Å². The van der Waals surface area contributed by atoms with Gasteiger partial charge in [0.15, 0.2) is 0 Å². The topological polar surface area (TPSA) is 86.8 Å². The van der Waals surface area contributed by atoms with Crippen LogP contribution in [0.4, 0.5) is 5.69 Å². The first-order valence-electron chi connectivity index (χ1n) is 12.6. The summed E-state index contributed by atoms with van der Waals surface area (Å²) < 4.78 is 28.6. The van der Waals surface area contributed by atoms with Gasteiger partial charge in [0, 0.05) is 12.6 Å². The molecule has 10 heteroatoms. The fraction of sp³-hybridized carbons (Fsp3) is 0.310. The molecule has 0 fully saturated rings. The normalized spacial score (nSPS) is 12.2. The first kappa shape index (κ1) is 30.5. The molecule has 0 saturated heterocycles. The Hall–Kier alpha value is -3.07. The minimum Gasteiger partial charge on any atom is -0.352 e. The zero-order valence-corrected chi connectivity index (χ0v) is 24.7. The Morgan fingerprint density at radius 3 is 2.21 bits per heavy atom. The van der Waals surface area contributed by atoms with Crippen LogP contribution in [0.3, 0.4) is 0 Å². The number of anilines is 1. The lowest BCUT2D eigenvalue weighted by atomic mass is 10.1. The van der Waals surface area contributed by atoms with Crippen LogP contribution in [-0.2, 0) is 26.2 Å². The van der Waals surface area contributed by atoms with Crippen LogP contribution >= 0.6 is 23.2 Å². The number of amides is 2. The van der Waals surface area contributed by atoms with Crippen LogP contribution in [0.2, 0.25) is 10.0 Å². The summed E-state index contributed by atoms with van der Waals surface area (Å²) in [5, 5.41) is 3.28. The summed E-state index contributed by atoms with van der Waals surface area (Å²) in [5.74, 6) is -0.839. The van der Waals surface area contributed by atoms with Gasteiger partial charge in [0.2, 0.25) is 11.8 Å². The van der Waals surface area contributed by atoms with Gasteiger partial charge in [0.25, 0.3) is 10.0 Å². The summed E-state index contributed by atoms with van der Waals surface area (Å²) in [7, 11) is -4.18. The monoisotopic (exact) mass is 589 g/mol. The number of carbonyl (C=O) groups is 2. The van der Waals surface area contributed by atoms with Crippen LogP contribution in [0.25, 0.3) is 0 Å². The van der Waals surface area contributed by atoms with E-state index in [0.717, 1.165) is 15.4 Å². The fourth-order valence-corrected chi connectivity index (χ4v) is 5.92. The fourth-order valence-electron chi connectivity index (χ4n) is 4.20. The molecular weight excluding hydrogens is 557 g/mol. The third-order valence-electron chi connectivity index (χ3n) is 6.05. The van der Waals surface area contributed by atoms with Gasteiger partial charge in [-0.2, -0.15) is 0 Å². The molecule has 0 bridgehead atoms. The Kier molecular flexibility index (Phi) is 10.4. The van der Waals surface area contributed by atoms with Gasteiger partial charge in [0.1, 0.15) is 12.6 Å². The Balaban J connectivity index is 2.08. The van der Waals surface area contributed by atoms with Gasteiger partial charge in [-0.3, -0.25) is 13.9 Å². The second kappa shape index (κ2) is 13.3. The number of benzene rings is 3. The number of sulfonamides is 1. The van der Waals surface area contributed by atoms with Crippen LogP contribution in [0.5, 0.6) is 0 Å². The molecule has 0 heterocycles. The van der Waals surface area contributed by atoms with Crippen molar-refractivity contribution in [3.8, 4) is 0 Å². The molecule has 7 nitrogen and oxygen atoms in total. The van der Waals surface area contributed by atoms with Crippen LogP contribution in [0.1, 0.15) is 38.3 Å². The molecule has 0 saturated carbocycles. The van der Waals surface area contributed by atoms with Crippen LogP contribution in [0, 0.1) is 6.92 Å². The zero-order chi connectivity index (χ0) is 28.7. The summed E-state index contributed by atoms with van der Waals surface area (Å²) in [4.78, 5) is 28.6. The van der Waals surface area contributed by atoms with Crippen molar-refractivity contribution < 1.29 is 18.0 Å². The largest absolute Gasteiger partial charge is 0.352 e. The summed E-state index contributed by atoms with van der Waals surface area (Å²) >= 11 is 12.3. The van der Waals surface area contributed by atoms with E-state index in [1.54, 1.807) is 18.2 Å². The number of nitrogens with one attached hydrogen (secondary N) is 1. The number of hydrogen-bond acceptors (Lipinski definition) is 4. The molecule has 0 spiro atoms. The van der Waals surface area contributed by atoms with Crippen molar-refractivity contribution in [2.45, 2.75) is 57.6 Å². The molecule has 0 aliphatic rings. The van der Waals surface area contributed by atoms with E-state index in [-0.39, 0.29) is 39.1 Å². The Morgan fingerprint density at radius 1 is 0.923 bits per heavy atom. The molecule has 1 N–H and O–H groups in total. The van der Waals surface area contributed by atoms with Gasteiger partial charge in [-0.05, 0) is 63.1 Å². The van der Waals surface area contributed by atoms with E-state index in [0.29, 0.717) is 6.42 Å². The average molecular weight is 591 g/mol. The maximum absolute atomic E-state index is 14.0. The maximum Gasteiger partial charge on any atom is 0.264 e. The van der Waals surface area contributed by atoms with Crippen molar-refractivity contribution in [2.75, 3.05) is 10.8 Å². The maximum atomic E-state index is 14.0. The highest BCUT2D eigenvalue weighted by Gasteiger charge is 2.34. The average Bonchev–Trinajstić information content (AvgIpc) is 2.88. The second-order valence-electron chi connectivity index (χ2n) is 9.52. The van der Waals surface area contributed by atoms with E-state index in [1.165, 1.54) is 35.2 Å². The number of halogens is 2. The highest BCUT2D eigenvalue weighted by Crippen LogP contribution is 2.31. The van der Waals surface area contributed by atoms with Crippen LogP contribution in [-0.4, -0.2) is 43.8 Å². The molecule has 1 unspecified atom stereocenters. The van der Waals surface area contributed by atoms with Crippen molar-refractivity contribution in [2.24, 2.45) is 0 Å². The predicted octanol–water partition coefficient (Wildman–Crippen LogP) is 5.83. The van der Waals surface area contributed by atoms with Crippen molar-refractivity contribution >= 4 is 50.7 Å². The van der Waals surface area contributed by atoms with Gasteiger partial charge in [-0.1, -0.05) is 78.2 Å². The molecule has 0 radical (unpaired) electrons.